The average Bonchev–Trinajstić information content (AvgIpc) is 3.09. The molecule has 0 spiro atoms. The zero-order valence-electron chi connectivity index (χ0n) is 9.62. The number of piperazine rings is 1. The Morgan fingerprint density at radius 1 is 1.33 bits per heavy atom. The first-order valence-electron chi connectivity index (χ1n) is 6.18. The first-order valence-corrected chi connectivity index (χ1v) is 6.18. The molecule has 0 unspecified atom stereocenters. The van der Waals surface area contributed by atoms with E-state index in [1.165, 1.54) is 39.0 Å². The monoisotopic (exact) mass is 209 g/mol. The van der Waals surface area contributed by atoms with Crippen molar-refractivity contribution in [3.8, 4) is 0 Å². The molecule has 0 atom stereocenters. The lowest BCUT2D eigenvalue weighted by molar-refractivity contribution is 0.193. The zero-order valence-corrected chi connectivity index (χ0v) is 9.62. The molecule has 0 aromatic heterocycles. The van der Waals surface area contributed by atoms with Crippen molar-refractivity contribution in [2.24, 2.45) is 0 Å². The van der Waals surface area contributed by atoms with Crippen LogP contribution in [0.4, 0.5) is 0 Å². The van der Waals surface area contributed by atoms with E-state index in [9.17, 15) is 0 Å². The van der Waals surface area contributed by atoms with Crippen LogP contribution >= 0.6 is 0 Å². The van der Waals surface area contributed by atoms with E-state index in [0.29, 0.717) is 0 Å². The summed E-state index contributed by atoms with van der Waals surface area (Å²) >= 11 is 0. The smallest absolute Gasteiger partial charge is 0.0164 e. The van der Waals surface area contributed by atoms with Crippen molar-refractivity contribution in [1.82, 2.24) is 15.1 Å². The van der Waals surface area contributed by atoms with Crippen LogP contribution in [0.1, 0.15) is 12.8 Å². The summed E-state index contributed by atoms with van der Waals surface area (Å²) in [5.41, 5.74) is 0. The Morgan fingerprint density at radius 3 is 2.67 bits per heavy atom. The maximum atomic E-state index is 3.84. The predicted molar refractivity (Wildman–Crippen MR) is 64.1 cm³/mol. The highest BCUT2D eigenvalue weighted by Crippen LogP contribution is 2.26. The second-order valence-electron chi connectivity index (χ2n) is 4.61. The summed E-state index contributed by atoms with van der Waals surface area (Å²) < 4.78 is 0. The van der Waals surface area contributed by atoms with Crippen molar-refractivity contribution in [2.45, 2.75) is 18.9 Å². The van der Waals surface area contributed by atoms with Crippen LogP contribution in [0.2, 0.25) is 0 Å². The van der Waals surface area contributed by atoms with Crippen LogP contribution < -0.4 is 5.32 Å². The molecule has 3 nitrogen and oxygen atoms in total. The molecule has 0 bridgehead atoms. The SMILES string of the molecule is C=CCN(CCN1CCNCC1)C1CC1. The summed E-state index contributed by atoms with van der Waals surface area (Å²) in [6, 6.07) is 0.867. The number of nitrogens with zero attached hydrogens (tertiary/aromatic N) is 2. The molecule has 0 aromatic rings. The Labute approximate surface area is 93.1 Å². The highest BCUT2D eigenvalue weighted by atomic mass is 15.2. The van der Waals surface area contributed by atoms with Gasteiger partial charge in [0.05, 0.1) is 0 Å². The Morgan fingerprint density at radius 2 is 2.07 bits per heavy atom. The van der Waals surface area contributed by atoms with Gasteiger partial charge in [0, 0.05) is 51.9 Å². The fraction of sp³-hybridized carbons (Fsp3) is 0.833. The van der Waals surface area contributed by atoms with E-state index < -0.39 is 0 Å². The Bertz CT molecular complexity index is 195. The van der Waals surface area contributed by atoms with E-state index in [4.69, 9.17) is 0 Å². The van der Waals surface area contributed by atoms with Gasteiger partial charge in [-0.3, -0.25) is 9.80 Å². The lowest BCUT2D eigenvalue weighted by Gasteiger charge is -2.30. The van der Waals surface area contributed by atoms with E-state index in [-0.39, 0.29) is 0 Å². The number of hydrogen-bond acceptors (Lipinski definition) is 3. The van der Waals surface area contributed by atoms with Gasteiger partial charge in [-0.25, -0.2) is 0 Å². The van der Waals surface area contributed by atoms with Gasteiger partial charge in [-0.05, 0) is 12.8 Å². The van der Waals surface area contributed by atoms with Crippen LogP contribution in [0.5, 0.6) is 0 Å². The third-order valence-electron chi connectivity index (χ3n) is 3.34. The van der Waals surface area contributed by atoms with Gasteiger partial charge >= 0.3 is 0 Å². The van der Waals surface area contributed by atoms with E-state index in [1.807, 2.05) is 6.08 Å². The molecule has 2 fully saturated rings. The third-order valence-corrected chi connectivity index (χ3v) is 3.34. The highest BCUT2D eigenvalue weighted by Gasteiger charge is 2.28. The summed E-state index contributed by atoms with van der Waals surface area (Å²) in [5.74, 6) is 0. The van der Waals surface area contributed by atoms with Crippen molar-refractivity contribution in [3.63, 3.8) is 0 Å². The maximum absolute atomic E-state index is 3.84. The van der Waals surface area contributed by atoms with Gasteiger partial charge in [0.15, 0.2) is 0 Å². The summed E-state index contributed by atoms with van der Waals surface area (Å²) in [6.07, 6.45) is 4.83. The van der Waals surface area contributed by atoms with Gasteiger partial charge in [0.1, 0.15) is 0 Å². The molecular formula is C12H23N3. The molecule has 2 aliphatic rings. The standard InChI is InChI=1S/C12H23N3/c1-2-7-15(12-3-4-12)11-10-14-8-5-13-6-9-14/h2,12-13H,1,3-11H2. The molecule has 86 valence electrons. The second kappa shape index (κ2) is 5.64. The molecule has 1 N–H and O–H groups in total. The molecule has 1 saturated heterocycles. The lowest BCUT2D eigenvalue weighted by atomic mass is 10.3. The lowest BCUT2D eigenvalue weighted by Crippen LogP contribution is -2.46. The van der Waals surface area contributed by atoms with Crippen LogP contribution in [0.15, 0.2) is 12.7 Å². The molecule has 1 heterocycles. The molecule has 1 aliphatic heterocycles. The third kappa shape index (κ3) is 3.59. The Hall–Kier alpha value is -0.380. The van der Waals surface area contributed by atoms with E-state index in [1.54, 1.807) is 0 Å². The van der Waals surface area contributed by atoms with Gasteiger partial charge in [-0.2, -0.15) is 0 Å². The van der Waals surface area contributed by atoms with E-state index in [0.717, 1.165) is 25.7 Å². The number of rotatable bonds is 6. The molecule has 1 saturated carbocycles. The van der Waals surface area contributed by atoms with Crippen LogP contribution in [-0.2, 0) is 0 Å². The van der Waals surface area contributed by atoms with E-state index in [2.05, 4.69) is 21.7 Å². The normalized spacial score (nSPS) is 23.3. The van der Waals surface area contributed by atoms with Gasteiger partial charge in [0.25, 0.3) is 0 Å². The summed E-state index contributed by atoms with van der Waals surface area (Å²) in [5, 5.41) is 3.39. The van der Waals surface area contributed by atoms with E-state index >= 15 is 0 Å². The Kier molecular flexibility index (Phi) is 4.18. The first kappa shape index (κ1) is 11.1. The highest BCUT2D eigenvalue weighted by molar-refractivity contribution is 4.88. The molecule has 15 heavy (non-hydrogen) atoms. The predicted octanol–water partition coefficient (Wildman–Crippen LogP) is 0.542. The molecule has 0 radical (unpaired) electrons. The minimum Gasteiger partial charge on any atom is -0.314 e. The molecular weight excluding hydrogens is 186 g/mol. The van der Waals surface area contributed by atoms with Crippen LogP contribution in [0.25, 0.3) is 0 Å². The minimum atomic E-state index is 0.867. The van der Waals surface area contributed by atoms with Crippen molar-refractivity contribution >= 4 is 0 Å². The van der Waals surface area contributed by atoms with Gasteiger partial charge < -0.3 is 5.32 Å². The van der Waals surface area contributed by atoms with Crippen LogP contribution in [0.3, 0.4) is 0 Å². The van der Waals surface area contributed by atoms with Gasteiger partial charge in [-0.15, -0.1) is 6.58 Å². The fourth-order valence-corrected chi connectivity index (χ4v) is 2.23. The molecule has 3 heteroatoms. The van der Waals surface area contributed by atoms with Gasteiger partial charge in [-0.1, -0.05) is 6.08 Å². The molecule has 0 aromatic carbocycles. The maximum Gasteiger partial charge on any atom is 0.0164 e. The molecule has 1 aliphatic carbocycles. The summed E-state index contributed by atoms with van der Waals surface area (Å²) in [6.45, 7) is 12.1. The van der Waals surface area contributed by atoms with Crippen LogP contribution in [0, 0.1) is 0 Å². The minimum absolute atomic E-state index is 0.867. The average molecular weight is 209 g/mol. The first-order chi connectivity index (χ1) is 7.40. The largest absolute Gasteiger partial charge is 0.314 e. The zero-order chi connectivity index (χ0) is 10.5. The second-order valence-corrected chi connectivity index (χ2v) is 4.61. The summed E-state index contributed by atoms with van der Waals surface area (Å²) in [7, 11) is 0. The molecule has 2 rings (SSSR count). The quantitative estimate of drug-likeness (QED) is 0.644. The summed E-state index contributed by atoms with van der Waals surface area (Å²) in [4.78, 5) is 5.14. The van der Waals surface area contributed by atoms with Crippen molar-refractivity contribution < 1.29 is 0 Å². The van der Waals surface area contributed by atoms with Crippen molar-refractivity contribution in [2.75, 3.05) is 45.8 Å². The fourth-order valence-electron chi connectivity index (χ4n) is 2.23. The molecule has 0 amide bonds. The van der Waals surface area contributed by atoms with Gasteiger partial charge in [0.2, 0.25) is 0 Å². The van der Waals surface area contributed by atoms with Crippen molar-refractivity contribution in [1.29, 1.82) is 0 Å². The number of hydrogen-bond donors (Lipinski definition) is 1. The van der Waals surface area contributed by atoms with Crippen LogP contribution in [-0.4, -0.2) is 61.7 Å². The topological polar surface area (TPSA) is 18.5 Å². The number of nitrogens with one attached hydrogen (secondary N) is 1. The van der Waals surface area contributed by atoms with Crippen molar-refractivity contribution in [3.05, 3.63) is 12.7 Å². The Balaban J connectivity index is 1.67.